The minimum absolute atomic E-state index is 0.0567. The van der Waals surface area contributed by atoms with Gasteiger partial charge in [-0.2, -0.15) is 0 Å². The highest BCUT2D eigenvalue weighted by Crippen LogP contribution is 2.28. The van der Waals surface area contributed by atoms with E-state index in [0.29, 0.717) is 9.33 Å². The Kier molecular flexibility index (Phi) is 5.67. The average molecular weight is 455 g/mol. The van der Waals surface area contributed by atoms with Crippen LogP contribution in [0.5, 0.6) is 11.5 Å². The van der Waals surface area contributed by atoms with Crippen LogP contribution in [0.25, 0.3) is 11.8 Å². The first kappa shape index (κ1) is 21.0. The lowest BCUT2D eigenvalue weighted by molar-refractivity contribution is 0.414. The maximum atomic E-state index is 13.5. The second-order valence-corrected chi connectivity index (χ2v) is 8.60. The average Bonchev–Trinajstić information content (AvgIpc) is 3.19. The van der Waals surface area contributed by atoms with Gasteiger partial charge in [-0.15, -0.1) is 0 Å². The second kappa shape index (κ2) is 8.92. The van der Waals surface area contributed by atoms with Crippen LogP contribution in [0.15, 0.2) is 94.7 Å². The quantitative estimate of drug-likeness (QED) is 0.458. The zero-order valence-electron chi connectivity index (χ0n) is 18.3. The Morgan fingerprint density at radius 3 is 2.15 bits per heavy atom. The van der Waals surface area contributed by atoms with Crippen molar-refractivity contribution in [2.75, 3.05) is 14.2 Å². The molecule has 4 aromatic rings. The first-order valence-electron chi connectivity index (χ1n) is 10.5. The van der Waals surface area contributed by atoms with Crippen molar-refractivity contribution in [3.05, 3.63) is 121 Å². The standard InChI is InChI=1S/C27H22N2O3S/c1-31-21-12-8-18(9-13-21)16-25-26(30)29-24(20-10-14-22(32-2)15-11-20)17-23(28-27(29)33-25)19-6-4-3-5-7-19/h3-17,24H,1-2H3. The number of aromatic nitrogens is 1. The van der Waals surface area contributed by atoms with Crippen molar-refractivity contribution in [2.45, 2.75) is 6.04 Å². The molecular weight excluding hydrogens is 432 g/mol. The molecule has 1 atom stereocenters. The summed E-state index contributed by atoms with van der Waals surface area (Å²) in [6, 6.07) is 25.2. The molecule has 0 N–H and O–H groups in total. The molecule has 33 heavy (non-hydrogen) atoms. The first-order chi connectivity index (χ1) is 16.2. The Balaban J connectivity index is 1.68. The van der Waals surface area contributed by atoms with Crippen molar-refractivity contribution in [2.24, 2.45) is 4.99 Å². The molecule has 5 nitrogen and oxygen atoms in total. The lowest BCUT2D eigenvalue weighted by Gasteiger charge is -2.20. The molecule has 0 fully saturated rings. The summed E-state index contributed by atoms with van der Waals surface area (Å²) >= 11 is 1.40. The minimum Gasteiger partial charge on any atom is -0.497 e. The van der Waals surface area contributed by atoms with Crippen LogP contribution in [0.3, 0.4) is 0 Å². The number of benzene rings is 3. The number of nitrogens with zero attached hydrogens (tertiary/aromatic N) is 2. The van der Waals surface area contributed by atoms with Crippen LogP contribution in [-0.2, 0) is 0 Å². The van der Waals surface area contributed by atoms with Gasteiger partial charge < -0.3 is 9.47 Å². The molecule has 0 saturated carbocycles. The highest BCUT2D eigenvalue weighted by Gasteiger charge is 2.22. The molecular formula is C27H22N2O3S. The van der Waals surface area contributed by atoms with E-state index in [2.05, 4.69) is 6.08 Å². The molecule has 0 spiro atoms. The van der Waals surface area contributed by atoms with Gasteiger partial charge in [0, 0.05) is 0 Å². The molecule has 0 aliphatic carbocycles. The third-order valence-electron chi connectivity index (χ3n) is 5.59. The molecule has 164 valence electrons. The van der Waals surface area contributed by atoms with Crippen molar-refractivity contribution in [1.29, 1.82) is 0 Å². The van der Waals surface area contributed by atoms with Crippen LogP contribution in [-0.4, -0.2) is 18.8 Å². The fourth-order valence-electron chi connectivity index (χ4n) is 3.84. The van der Waals surface area contributed by atoms with E-state index < -0.39 is 0 Å². The number of methoxy groups -OCH3 is 2. The van der Waals surface area contributed by atoms with Crippen LogP contribution in [0, 0.1) is 0 Å². The smallest absolute Gasteiger partial charge is 0.271 e. The molecule has 0 bridgehead atoms. The van der Waals surface area contributed by atoms with Gasteiger partial charge in [-0.25, -0.2) is 4.99 Å². The molecule has 1 unspecified atom stereocenters. The predicted molar refractivity (Wildman–Crippen MR) is 131 cm³/mol. The van der Waals surface area contributed by atoms with Gasteiger partial charge in [0.05, 0.1) is 30.5 Å². The van der Waals surface area contributed by atoms with Crippen molar-refractivity contribution in [1.82, 2.24) is 4.57 Å². The van der Waals surface area contributed by atoms with Gasteiger partial charge in [0.2, 0.25) is 0 Å². The maximum absolute atomic E-state index is 13.5. The summed E-state index contributed by atoms with van der Waals surface area (Å²) in [6.45, 7) is 0. The van der Waals surface area contributed by atoms with Crippen LogP contribution in [0.4, 0.5) is 0 Å². The van der Waals surface area contributed by atoms with E-state index in [9.17, 15) is 4.79 Å². The lowest BCUT2D eigenvalue weighted by atomic mass is 10.0. The van der Waals surface area contributed by atoms with Gasteiger partial charge in [-0.1, -0.05) is 65.9 Å². The van der Waals surface area contributed by atoms with E-state index in [1.165, 1.54) is 11.3 Å². The zero-order valence-corrected chi connectivity index (χ0v) is 19.1. The highest BCUT2D eigenvalue weighted by molar-refractivity contribution is 7.07. The van der Waals surface area contributed by atoms with Crippen LogP contribution < -0.4 is 24.4 Å². The number of rotatable bonds is 5. The van der Waals surface area contributed by atoms with Gasteiger partial charge in [0.15, 0.2) is 4.80 Å². The monoisotopic (exact) mass is 454 g/mol. The number of hydrogen-bond acceptors (Lipinski definition) is 5. The van der Waals surface area contributed by atoms with Crippen molar-refractivity contribution in [3.63, 3.8) is 0 Å². The third kappa shape index (κ3) is 4.13. The molecule has 3 aromatic carbocycles. The van der Waals surface area contributed by atoms with E-state index >= 15 is 0 Å². The van der Waals surface area contributed by atoms with Crippen molar-refractivity contribution >= 4 is 23.1 Å². The number of thiazole rings is 1. The second-order valence-electron chi connectivity index (χ2n) is 7.59. The normalized spacial score (nSPS) is 15.4. The Hall–Kier alpha value is -3.90. The molecule has 1 aliphatic heterocycles. The summed E-state index contributed by atoms with van der Waals surface area (Å²) in [4.78, 5) is 19.0. The predicted octanol–water partition coefficient (Wildman–Crippen LogP) is 4.02. The van der Waals surface area contributed by atoms with E-state index in [-0.39, 0.29) is 11.6 Å². The number of fused-ring (bicyclic) bond motifs is 1. The van der Waals surface area contributed by atoms with Crippen LogP contribution in [0.1, 0.15) is 22.7 Å². The molecule has 0 amide bonds. The summed E-state index contributed by atoms with van der Waals surface area (Å²) in [5.41, 5.74) is 3.75. The van der Waals surface area contributed by atoms with Gasteiger partial charge >= 0.3 is 0 Å². The van der Waals surface area contributed by atoms with E-state index in [4.69, 9.17) is 14.5 Å². The molecule has 5 rings (SSSR count). The maximum Gasteiger partial charge on any atom is 0.271 e. The van der Waals surface area contributed by atoms with E-state index in [1.807, 2.05) is 84.9 Å². The number of ether oxygens (including phenoxy) is 2. The van der Waals surface area contributed by atoms with E-state index in [0.717, 1.165) is 33.9 Å². The van der Waals surface area contributed by atoms with Crippen LogP contribution in [0.2, 0.25) is 0 Å². The Morgan fingerprint density at radius 1 is 0.879 bits per heavy atom. The number of hydrogen-bond donors (Lipinski definition) is 0. The highest BCUT2D eigenvalue weighted by atomic mass is 32.1. The lowest BCUT2D eigenvalue weighted by Crippen LogP contribution is -2.36. The Bertz CT molecular complexity index is 1480. The summed E-state index contributed by atoms with van der Waals surface area (Å²) in [7, 11) is 3.28. The Labute approximate surface area is 195 Å². The fourth-order valence-corrected chi connectivity index (χ4v) is 4.86. The molecule has 2 heterocycles. The summed E-state index contributed by atoms with van der Waals surface area (Å²) in [6.07, 6.45) is 3.95. The Morgan fingerprint density at radius 2 is 1.52 bits per heavy atom. The van der Waals surface area contributed by atoms with Crippen molar-refractivity contribution < 1.29 is 9.47 Å². The summed E-state index contributed by atoms with van der Waals surface area (Å²) in [5.74, 6) is 1.55. The minimum atomic E-state index is -0.264. The summed E-state index contributed by atoms with van der Waals surface area (Å²) < 4.78 is 13.0. The zero-order chi connectivity index (χ0) is 22.8. The number of allylic oxidation sites excluding steroid dienone is 1. The SMILES string of the molecule is COc1ccc(C=c2sc3n(c2=O)C(c2ccc(OC)cc2)C=C(c2ccccc2)N=3)cc1. The molecule has 6 heteroatoms. The molecule has 1 aliphatic rings. The summed E-state index contributed by atoms with van der Waals surface area (Å²) in [5, 5.41) is 0. The van der Waals surface area contributed by atoms with Crippen LogP contribution >= 0.6 is 11.3 Å². The first-order valence-corrected chi connectivity index (χ1v) is 11.3. The molecule has 0 saturated heterocycles. The third-order valence-corrected chi connectivity index (χ3v) is 6.57. The van der Waals surface area contributed by atoms with Gasteiger partial charge in [0.25, 0.3) is 5.56 Å². The molecule has 0 radical (unpaired) electrons. The van der Waals surface area contributed by atoms with Gasteiger partial charge in [-0.3, -0.25) is 9.36 Å². The fraction of sp³-hybridized carbons (Fsp3) is 0.111. The largest absolute Gasteiger partial charge is 0.497 e. The molecule has 1 aromatic heterocycles. The van der Waals surface area contributed by atoms with Gasteiger partial charge in [0.1, 0.15) is 11.5 Å². The van der Waals surface area contributed by atoms with Crippen molar-refractivity contribution in [3.8, 4) is 11.5 Å². The topological polar surface area (TPSA) is 52.8 Å². The van der Waals surface area contributed by atoms with E-state index in [1.54, 1.807) is 18.8 Å². The van der Waals surface area contributed by atoms with Gasteiger partial charge in [-0.05, 0) is 53.1 Å².